The highest BCUT2D eigenvalue weighted by Crippen LogP contribution is 2.47. The van der Waals surface area contributed by atoms with Crippen molar-refractivity contribution >= 4 is 5.78 Å². The first-order valence-corrected chi connectivity index (χ1v) is 10.5. The van der Waals surface area contributed by atoms with Crippen molar-refractivity contribution in [2.45, 2.75) is 71.4 Å². The van der Waals surface area contributed by atoms with Gasteiger partial charge in [-0.25, -0.2) is 9.37 Å². The van der Waals surface area contributed by atoms with Gasteiger partial charge < -0.3 is 4.74 Å². The number of aryl methyl sites for hydroxylation is 2. The van der Waals surface area contributed by atoms with Crippen molar-refractivity contribution in [3.05, 3.63) is 47.2 Å². The fourth-order valence-corrected chi connectivity index (χ4v) is 3.74. The molecule has 29 heavy (non-hydrogen) atoms. The number of nitrogens with zero attached hydrogens (tertiary/aromatic N) is 3. The average molecular weight is 400 g/mol. The highest BCUT2D eigenvalue weighted by Gasteiger charge is 2.42. The Morgan fingerprint density at radius 3 is 2.52 bits per heavy atom. The second-order valence-electron chi connectivity index (χ2n) is 7.81. The Labute approximate surface area is 172 Å². The highest BCUT2D eigenvalue weighted by atomic mass is 19.1. The van der Waals surface area contributed by atoms with E-state index >= 15 is 4.39 Å². The van der Waals surface area contributed by atoms with E-state index in [-0.39, 0.29) is 31.5 Å². The lowest BCUT2D eigenvalue weighted by Gasteiger charge is -2.29. The fraction of sp³-hybridized carbons (Fsp3) is 0.565. The van der Waals surface area contributed by atoms with Crippen LogP contribution in [0.2, 0.25) is 0 Å². The Hall–Kier alpha value is -2.37. The molecule has 0 N–H and O–H groups in total. The van der Waals surface area contributed by atoms with Gasteiger partial charge in [-0.05, 0) is 44.7 Å². The number of halogens is 1. The monoisotopic (exact) mass is 399 g/mol. The van der Waals surface area contributed by atoms with Crippen LogP contribution in [0.25, 0.3) is 0 Å². The van der Waals surface area contributed by atoms with Gasteiger partial charge in [0.2, 0.25) is 5.88 Å². The number of Topliss-reactive ketones (excluding diaryl/α,β-unsaturated/α-hetero) is 1. The molecule has 2 fully saturated rings. The second-order valence-corrected chi connectivity index (χ2v) is 7.81. The molecule has 1 unspecified atom stereocenters. The van der Waals surface area contributed by atoms with E-state index in [0.29, 0.717) is 35.7 Å². The van der Waals surface area contributed by atoms with E-state index in [4.69, 9.17) is 4.74 Å². The van der Waals surface area contributed by atoms with Crippen LogP contribution < -0.4 is 4.74 Å². The minimum Gasteiger partial charge on any atom is -0.477 e. The van der Waals surface area contributed by atoms with Crippen molar-refractivity contribution in [3.63, 3.8) is 0 Å². The van der Waals surface area contributed by atoms with Gasteiger partial charge in [-0.15, -0.1) is 0 Å². The quantitative estimate of drug-likeness (QED) is 0.707. The third kappa shape index (κ3) is 4.98. The summed E-state index contributed by atoms with van der Waals surface area (Å²) >= 11 is 0. The topological polar surface area (TPSA) is 65.0 Å². The number of hydrogen-bond acceptors (Lipinski definition) is 5. The summed E-state index contributed by atoms with van der Waals surface area (Å²) in [5.41, 5.74) is 1.03. The number of ether oxygens (including phenoxy) is 1. The van der Waals surface area contributed by atoms with Crippen molar-refractivity contribution in [3.8, 4) is 5.88 Å². The molecule has 4 rings (SSSR count). The molecular weight excluding hydrogens is 369 g/mol. The first kappa shape index (κ1) is 21.3. The predicted octanol–water partition coefficient (Wildman–Crippen LogP) is 5.01. The molecule has 0 saturated heterocycles. The Kier molecular flexibility index (Phi) is 6.60. The van der Waals surface area contributed by atoms with Crippen molar-refractivity contribution < 1.29 is 13.9 Å². The van der Waals surface area contributed by atoms with E-state index in [2.05, 4.69) is 27.1 Å². The van der Waals surface area contributed by atoms with Crippen LogP contribution in [0.1, 0.15) is 74.5 Å². The van der Waals surface area contributed by atoms with Gasteiger partial charge in [0.15, 0.2) is 0 Å². The first-order chi connectivity index (χ1) is 13.9. The van der Waals surface area contributed by atoms with Crippen LogP contribution in [0, 0.1) is 19.8 Å². The van der Waals surface area contributed by atoms with E-state index in [1.54, 1.807) is 6.92 Å². The van der Waals surface area contributed by atoms with Crippen molar-refractivity contribution in [2.24, 2.45) is 5.92 Å². The van der Waals surface area contributed by atoms with E-state index < -0.39 is 5.67 Å². The molecule has 2 aromatic rings. The maximum Gasteiger partial charge on any atom is 0.223 e. The Morgan fingerprint density at radius 1 is 1.14 bits per heavy atom. The van der Waals surface area contributed by atoms with Crippen molar-refractivity contribution in [1.82, 2.24) is 15.0 Å². The van der Waals surface area contributed by atoms with Gasteiger partial charge in [0.1, 0.15) is 17.3 Å². The lowest BCUT2D eigenvalue weighted by atomic mass is 9.81. The summed E-state index contributed by atoms with van der Waals surface area (Å²) in [6.07, 6.45) is 5.29. The fourth-order valence-electron chi connectivity index (χ4n) is 3.74. The van der Waals surface area contributed by atoms with Gasteiger partial charge in [-0.1, -0.05) is 19.9 Å². The van der Waals surface area contributed by atoms with E-state index in [9.17, 15) is 4.79 Å². The summed E-state index contributed by atoms with van der Waals surface area (Å²) in [7, 11) is 0. The number of carbonyl (C=O) groups is 1. The Bertz CT molecular complexity index is 844. The maximum atomic E-state index is 15.5. The third-order valence-electron chi connectivity index (χ3n) is 5.63. The molecule has 2 aromatic heterocycles. The van der Waals surface area contributed by atoms with Crippen LogP contribution in [0.3, 0.4) is 0 Å². The van der Waals surface area contributed by atoms with Crippen molar-refractivity contribution in [2.75, 3.05) is 6.61 Å². The van der Waals surface area contributed by atoms with Crippen LogP contribution in [-0.4, -0.2) is 27.3 Å². The normalized spacial score (nSPS) is 22.4. The number of rotatable bonds is 5. The summed E-state index contributed by atoms with van der Waals surface area (Å²) in [5.74, 6) is 1.75. The standard InChI is InChI=1S/C21H24FN3O2.C2H6/c1-13-3-4-19(24-10-13)17-9-15(17)12-27-20-18(11-23-14(2)25-20)21(22)7-5-16(26)6-8-21;1-2/h3-4,10-11,15,17H,5-9,12H2,1-2H3;1-2H3/t15-,17?;/m1./s1. The maximum absolute atomic E-state index is 15.5. The minimum atomic E-state index is -1.58. The molecule has 2 aliphatic carbocycles. The van der Waals surface area contributed by atoms with Crippen LogP contribution in [0.4, 0.5) is 4.39 Å². The molecule has 5 nitrogen and oxygen atoms in total. The lowest BCUT2D eigenvalue weighted by Crippen LogP contribution is -2.28. The van der Waals surface area contributed by atoms with Crippen LogP contribution in [0.5, 0.6) is 5.88 Å². The molecule has 2 heterocycles. The highest BCUT2D eigenvalue weighted by molar-refractivity contribution is 5.79. The molecule has 2 aliphatic rings. The van der Waals surface area contributed by atoms with Gasteiger partial charge in [0.25, 0.3) is 0 Å². The smallest absolute Gasteiger partial charge is 0.223 e. The molecule has 0 aliphatic heterocycles. The van der Waals surface area contributed by atoms with Crippen LogP contribution >= 0.6 is 0 Å². The summed E-state index contributed by atoms with van der Waals surface area (Å²) in [5, 5.41) is 0. The molecule has 2 saturated carbocycles. The average Bonchev–Trinajstić information content (AvgIpc) is 3.50. The lowest BCUT2D eigenvalue weighted by molar-refractivity contribution is -0.123. The number of hydrogen-bond donors (Lipinski definition) is 0. The first-order valence-electron chi connectivity index (χ1n) is 10.5. The summed E-state index contributed by atoms with van der Waals surface area (Å²) < 4.78 is 21.4. The minimum absolute atomic E-state index is 0.116. The molecule has 156 valence electrons. The number of pyridine rings is 1. The largest absolute Gasteiger partial charge is 0.477 e. The zero-order valence-corrected chi connectivity index (χ0v) is 17.7. The molecule has 6 heteroatoms. The van der Waals surface area contributed by atoms with Crippen LogP contribution in [0.15, 0.2) is 24.5 Å². The molecule has 0 aromatic carbocycles. The number of aromatic nitrogens is 3. The predicted molar refractivity (Wildman–Crippen MR) is 110 cm³/mol. The van der Waals surface area contributed by atoms with Crippen molar-refractivity contribution in [1.29, 1.82) is 0 Å². The molecule has 0 spiro atoms. The number of ketones is 1. The number of alkyl halides is 1. The van der Waals surface area contributed by atoms with E-state index in [1.165, 1.54) is 6.20 Å². The zero-order valence-electron chi connectivity index (χ0n) is 17.7. The molecule has 2 atom stereocenters. The summed E-state index contributed by atoms with van der Waals surface area (Å²) in [6.45, 7) is 8.27. The van der Waals surface area contributed by atoms with Gasteiger partial charge in [0, 0.05) is 42.8 Å². The van der Waals surface area contributed by atoms with Gasteiger partial charge >= 0.3 is 0 Å². The summed E-state index contributed by atoms with van der Waals surface area (Å²) in [6, 6.07) is 4.14. The molecule has 0 bridgehead atoms. The Morgan fingerprint density at radius 2 is 1.86 bits per heavy atom. The molecule has 0 radical (unpaired) electrons. The van der Waals surface area contributed by atoms with Gasteiger partial charge in [-0.3, -0.25) is 9.78 Å². The molecular formula is C23H30FN3O2. The zero-order chi connectivity index (χ0) is 21.0. The number of carbonyl (C=O) groups excluding carboxylic acids is 1. The van der Waals surface area contributed by atoms with Gasteiger partial charge in [0.05, 0.1) is 12.2 Å². The third-order valence-corrected chi connectivity index (χ3v) is 5.63. The second kappa shape index (κ2) is 8.97. The van der Waals surface area contributed by atoms with E-state index in [0.717, 1.165) is 17.7 Å². The summed E-state index contributed by atoms with van der Waals surface area (Å²) in [4.78, 5) is 24.5. The SMILES string of the molecule is CC.Cc1ccc(C2C[C@@H]2COc2nc(C)ncc2C2(F)CCC(=O)CC2)nc1. The Balaban J connectivity index is 0.00000117. The van der Waals surface area contributed by atoms with Gasteiger partial charge in [-0.2, -0.15) is 4.98 Å². The van der Waals surface area contributed by atoms with Crippen LogP contribution in [-0.2, 0) is 10.5 Å². The molecule has 0 amide bonds. The van der Waals surface area contributed by atoms with E-state index in [1.807, 2.05) is 27.0 Å².